The molecule has 0 aliphatic rings. The monoisotopic (exact) mass is 325 g/mol. The van der Waals surface area contributed by atoms with Gasteiger partial charge in [-0.25, -0.2) is 4.98 Å². The van der Waals surface area contributed by atoms with Gasteiger partial charge in [-0.05, 0) is 36.4 Å². The van der Waals surface area contributed by atoms with Crippen LogP contribution in [0.1, 0.15) is 16.1 Å². The summed E-state index contributed by atoms with van der Waals surface area (Å²) in [7, 11) is 1.65. The van der Waals surface area contributed by atoms with E-state index in [0.717, 1.165) is 28.3 Å². The van der Waals surface area contributed by atoms with Gasteiger partial charge >= 0.3 is 0 Å². The van der Waals surface area contributed by atoms with Crippen LogP contribution < -0.4 is 9.47 Å². The van der Waals surface area contributed by atoms with Crippen LogP contribution in [0.2, 0.25) is 0 Å². The summed E-state index contributed by atoms with van der Waals surface area (Å²) in [6.45, 7) is 0.370. The van der Waals surface area contributed by atoms with Crippen molar-refractivity contribution < 1.29 is 14.3 Å². The largest absolute Gasteiger partial charge is 0.497 e. The van der Waals surface area contributed by atoms with Crippen molar-refractivity contribution in [1.29, 1.82) is 0 Å². The van der Waals surface area contributed by atoms with Crippen molar-refractivity contribution in [3.05, 3.63) is 65.2 Å². The first kappa shape index (κ1) is 15.2. The number of rotatable bonds is 6. The van der Waals surface area contributed by atoms with Crippen LogP contribution in [-0.4, -0.2) is 18.4 Å². The van der Waals surface area contributed by atoms with Gasteiger partial charge in [0, 0.05) is 16.5 Å². The van der Waals surface area contributed by atoms with Crippen LogP contribution in [0.15, 0.2) is 53.9 Å². The van der Waals surface area contributed by atoms with Crippen molar-refractivity contribution >= 4 is 17.6 Å². The van der Waals surface area contributed by atoms with Crippen molar-refractivity contribution in [3.8, 4) is 22.1 Å². The summed E-state index contributed by atoms with van der Waals surface area (Å²) in [4.78, 5) is 15.3. The second-order valence-electron chi connectivity index (χ2n) is 4.85. The molecule has 116 valence electrons. The maximum atomic E-state index is 10.8. The molecular formula is C18H15NO3S. The summed E-state index contributed by atoms with van der Waals surface area (Å²) in [6, 6.07) is 14.9. The predicted octanol–water partition coefficient (Wildman–Crippen LogP) is 4.21. The molecule has 0 aliphatic heterocycles. The normalized spacial score (nSPS) is 10.3. The Bertz CT molecular complexity index is 796. The van der Waals surface area contributed by atoms with Crippen LogP contribution in [0.4, 0.5) is 0 Å². The lowest BCUT2D eigenvalue weighted by atomic mass is 10.2. The first-order chi connectivity index (χ1) is 11.3. The minimum Gasteiger partial charge on any atom is -0.497 e. The van der Waals surface area contributed by atoms with E-state index in [-0.39, 0.29) is 0 Å². The molecule has 0 fully saturated rings. The number of hydrogen-bond donors (Lipinski definition) is 0. The lowest BCUT2D eigenvalue weighted by Crippen LogP contribution is -1.96. The van der Waals surface area contributed by atoms with Crippen molar-refractivity contribution in [2.75, 3.05) is 7.11 Å². The third-order valence-corrected chi connectivity index (χ3v) is 4.21. The molecule has 3 aromatic rings. The second kappa shape index (κ2) is 7.07. The van der Waals surface area contributed by atoms with Gasteiger partial charge in [0.1, 0.15) is 29.4 Å². The number of ether oxygens (including phenoxy) is 2. The molecule has 0 atom stereocenters. The minimum atomic E-state index is 0.370. The Morgan fingerprint density at radius 2 is 1.96 bits per heavy atom. The Balaban J connectivity index is 1.67. The Labute approximate surface area is 138 Å². The molecule has 0 aliphatic carbocycles. The van der Waals surface area contributed by atoms with Gasteiger partial charge in [-0.1, -0.05) is 12.1 Å². The van der Waals surface area contributed by atoms with E-state index in [4.69, 9.17) is 9.47 Å². The maximum Gasteiger partial charge on any atom is 0.150 e. The smallest absolute Gasteiger partial charge is 0.150 e. The molecule has 1 heterocycles. The molecule has 0 unspecified atom stereocenters. The summed E-state index contributed by atoms with van der Waals surface area (Å²) in [5, 5.41) is 2.91. The minimum absolute atomic E-state index is 0.370. The van der Waals surface area contributed by atoms with E-state index in [1.807, 2.05) is 35.7 Å². The highest BCUT2D eigenvalue weighted by atomic mass is 32.1. The topological polar surface area (TPSA) is 48.4 Å². The maximum absolute atomic E-state index is 10.8. The number of carbonyl (C=O) groups is 1. The van der Waals surface area contributed by atoms with Crippen molar-refractivity contribution in [1.82, 2.24) is 4.98 Å². The van der Waals surface area contributed by atoms with Crippen LogP contribution in [0, 0.1) is 0 Å². The third-order valence-electron chi connectivity index (χ3n) is 3.27. The zero-order chi connectivity index (χ0) is 16.1. The van der Waals surface area contributed by atoms with Gasteiger partial charge in [0.25, 0.3) is 0 Å². The molecule has 0 saturated heterocycles. The molecule has 0 saturated carbocycles. The number of nitrogens with zero attached hydrogens (tertiary/aromatic N) is 1. The highest BCUT2D eigenvalue weighted by Gasteiger charge is 2.06. The van der Waals surface area contributed by atoms with E-state index in [9.17, 15) is 4.79 Å². The lowest BCUT2D eigenvalue weighted by Gasteiger charge is -2.04. The van der Waals surface area contributed by atoms with Gasteiger partial charge in [0.05, 0.1) is 12.8 Å². The number of aromatic nitrogens is 1. The number of aldehydes is 1. The fourth-order valence-corrected chi connectivity index (χ4v) is 2.88. The van der Waals surface area contributed by atoms with E-state index < -0.39 is 0 Å². The SMILES string of the molecule is COc1ccc(-c2nc(COc3cccc(C=O)c3)cs2)cc1. The molecule has 5 heteroatoms. The first-order valence-corrected chi connectivity index (χ1v) is 7.93. The molecular weight excluding hydrogens is 310 g/mol. The zero-order valence-corrected chi connectivity index (χ0v) is 13.4. The van der Waals surface area contributed by atoms with Crippen LogP contribution in [0.5, 0.6) is 11.5 Å². The molecule has 0 spiro atoms. The Hall–Kier alpha value is -2.66. The highest BCUT2D eigenvalue weighted by Crippen LogP contribution is 2.26. The van der Waals surface area contributed by atoms with Crippen molar-refractivity contribution in [2.24, 2.45) is 0 Å². The molecule has 0 radical (unpaired) electrons. The molecule has 4 nitrogen and oxygen atoms in total. The van der Waals surface area contributed by atoms with E-state index in [2.05, 4.69) is 4.98 Å². The van der Waals surface area contributed by atoms with E-state index >= 15 is 0 Å². The van der Waals surface area contributed by atoms with Crippen LogP contribution in [-0.2, 0) is 6.61 Å². The lowest BCUT2D eigenvalue weighted by molar-refractivity contribution is 0.112. The van der Waals surface area contributed by atoms with Crippen LogP contribution in [0.3, 0.4) is 0 Å². The van der Waals surface area contributed by atoms with Gasteiger partial charge in [-0.3, -0.25) is 4.79 Å². The van der Waals surface area contributed by atoms with Gasteiger partial charge in [-0.15, -0.1) is 11.3 Å². The molecule has 2 aromatic carbocycles. The molecule has 3 rings (SSSR count). The van der Waals surface area contributed by atoms with Gasteiger partial charge in [0.2, 0.25) is 0 Å². The quantitative estimate of drug-likeness (QED) is 0.637. The average Bonchev–Trinajstić information content (AvgIpc) is 3.09. The molecule has 1 aromatic heterocycles. The Morgan fingerprint density at radius 3 is 2.70 bits per heavy atom. The van der Waals surface area contributed by atoms with E-state index in [0.29, 0.717) is 17.9 Å². The molecule has 0 bridgehead atoms. The van der Waals surface area contributed by atoms with Crippen molar-refractivity contribution in [3.63, 3.8) is 0 Å². The molecule has 0 amide bonds. The second-order valence-corrected chi connectivity index (χ2v) is 5.71. The number of thiazole rings is 1. The third kappa shape index (κ3) is 3.76. The van der Waals surface area contributed by atoms with E-state index in [1.54, 1.807) is 36.6 Å². The predicted molar refractivity (Wildman–Crippen MR) is 90.3 cm³/mol. The Kier molecular flexibility index (Phi) is 4.68. The number of carbonyl (C=O) groups excluding carboxylic acids is 1. The van der Waals surface area contributed by atoms with Crippen molar-refractivity contribution in [2.45, 2.75) is 6.61 Å². The van der Waals surface area contributed by atoms with Crippen LogP contribution >= 0.6 is 11.3 Å². The standard InChI is InChI=1S/C18H15NO3S/c1-21-16-7-5-14(6-8-16)18-19-15(12-23-18)11-22-17-4-2-3-13(9-17)10-20/h2-10,12H,11H2,1H3. The summed E-state index contributed by atoms with van der Waals surface area (Å²) < 4.78 is 10.8. The van der Waals surface area contributed by atoms with Crippen LogP contribution in [0.25, 0.3) is 10.6 Å². The Morgan fingerprint density at radius 1 is 1.13 bits per heavy atom. The number of methoxy groups -OCH3 is 1. The van der Waals surface area contributed by atoms with Gasteiger partial charge < -0.3 is 9.47 Å². The summed E-state index contributed by atoms with van der Waals surface area (Å²) in [6.07, 6.45) is 0.803. The number of benzene rings is 2. The van der Waals surface area contributed by atoms with E-state index in [1.165, 1.54) is 0 Å². The van der Waals surface area contributed by atoms with Gasteiger partial charge in [-0.2, -0.15) is 0 Å². The average molecular weight is 325 g/mol. The fourth-order valence-electron chi connectivity index (χ4n) is 2.07. The summed E-state index contributed by atoms with van der Waals surface area (Å²) in [5.74, 6) is 1.48. The first-order valence-electron chi connectivity index (χ1n) is 7.05. The van der Waals surface area contributed by atoms with Gasteiger partial charge in [0.15, 0.2) is 0 Å². The zero-order valence-electron chi connectivity index (χ0n) is 12.6. The summed E-state index contributed by atoms with van der Waals surface area (Å²) >= 11 is 1.57. The molecule has 0 N–H and O–H groups in total. The highest BCUT2D eigenvalue weighted by molar-refractivity contribution is 7.13. The molecule has 23 heavy (non-hydrogen) atoms. The number of hydrogen-bond acceptors (Lipinski definition) is 5. The fraction of sp³-hybridized carbons (Fsp3) is 0.111. The summed E-state index contributed by atoms with van der Waals surface area (Å²) in [5.41, 5.74) is 2.50.